The molecule has 0 saturated heterocycles. The molecule has 0 bridgehead atoms. The summed E-state index contributed by atoms with van der Waals surface area (Å²) in [5.74, 6) is 0.450. The number of benzene rings is 2. The Morgan fingerprint density at radius 1 is 1.09 bits per heavy atom. The first-order valence-corrected chi connectivity index (χ1v) is 11.7. The van der Waals surface area contributed by atoms with Crippen molar-refractivity contribution in [1.29, 1.82) is 0 Å². The van der Waals surface area contributed by atoms with Gasteiger partial charge in [0.05, 0.1) is 29.5 Å². The maximum Gasteiger partial charge on any atom is 0.344 e. The summed E-state index contributed by atoms with van der Waals surface area (Å²) in [5.41, 5.74) is 3.33. The summed E-state index contributed by atoms with van der Waals surface area (Å²) in [6.07, 6.45) is 1.43. The van der Waals surface area contributed by atoms with Gasteiger partial charge in [0.15, 0.2) is 29.6 Å². The summed E-state index contributed by atoms with van der Waals surface area (Å²) in [4.78, 5) is 35.9. The summed E-state index contributed by atoms with van der Waals surface area (Å²) in [5, 5.41) is 6.44. The van der Waals surface area contributed by atoms with Crippen LogP contribution in [0.15, 0.2) is 35.4 Å². The summed E-state index contributed by atoms with van der Waals surface area (Å²) in [6.45, 7) is 3.77. The van der Waals surface area contributed by atoms with Gasteiger partial charge in [0.2, 0.25) is 6.79 Å². The maximum atomic E-state index is 12.3. The maximum absolute atomic E-state index is 12.3. The molecule has 0 spiro atoms. The number of halogens is 1. The van der Waals surface area contributed by atoms with E-state index in [4.69, 9.17) is 23.7 Å². The van der Waals surface area contributed by atoms with E-state index in [-0.39, 0.29) is 26.6 Å². The second-order valence-electron chi connectivity index (χ2n) is 6.90. The van der Waals surface area contributed by atoms with Crippen molar-refractivity contribution in [3.63, 3.8) is 0 Å². The standard InChI is InChI=1S/C23H24IN3O8/c1-3-31-19-8-14(7-16(24)22(19)33-12-21(29)32-4-2)10-26-27-20(28)11-25-23(30)15-5-6-17-18(9-15)35-13-34-17/h5-10H,3-4,11-13H2,1-2H3,(H,25,30)(H,27,28). The second kappa shape index (κ2) is 12.8. The first kappa shape index (κ1) is 26.1. The molecule has 0 aromatic heterocycles. The van der Waals surface area contributed by atoms with E-state index in [9.17, 15) is 14.4 Å². The van der Waals surface area contributed by atoms with Gasteiger partial charge in [0.1, 0.15) is 0 Å². The summed E-state index contributed by atoms with van der Waals surface area (Å²) < 4.78 is 27.2. The zero-order valence-electron chi connectivity index (χ0n) is 19.1. The van der Waals surface area contributed by atoms with E-state index >= 15 is 0 Å². The van der Waals surface area contributed by atoms with E-state index in [2.05, 4.69) is 38.4 Å². The van der Waals surface area contributed by atoms with E-state index in [1.54, 1.807) is 37.3 Å². The molecule has 1 aliphatic heterocycles. The van der Waals surface area contributed by atoms with E-state index in [0.717, 1.165) is 0 Å². The highest BCUT2D eigenvalue weighted by molar-refractivity contribution is 14.1. The van der Waals surface area contributed by atoms with Crippen molar-refractivity contribution >= 4 is 46.6 Å². The van der Waals surface area contributed by atoms with Gasteiger partial charge in [-0.1, -0.05) is 0 Å². The molecule has 35 heavy (non-hydrogen) atoms. The van der Waals surface area contributed by atoms with E-state index < -0.39 is 17.8 Å². The minimum Gasteiger partial charge on any atom is -0.490 e. The number of carbonyl (C=O) groups is 3. The van der Waals surface area contributed by atoms with Crippen LogP contribution in [-0.2, 0) is 14.3 Å². The summed E-state index contributed by atoms with van der Waals surface area (Å²) in [6, 6.07) is 8.18. The Morgan fingerprint density at radius 3 is 2.66 bits per heavy atom. The Hall–Kier alpha value is -3.55. The smallest absolute Gasteiger partial charge is 0.344 e. The van der Waals surface area contributed by atoms with Gasteiger partial charge in [0, 0.05) is 5.56 Å². The molecule has 0 aliphatic carbocycles. The third-order valence-corrected chi connectivity index (χ3v) is 5.22. The number of nitrogens with zero attached hydrogens (tertiary/aromatic N) is 1. The lowest BCUT2D eigenvalue weighted by atomic mass is 10.2. The molecule has 1 heterocycles. The number of rotatable bonds is 11. The third-order valence-electron chi connectivity index (χ3n) is 4.42. The normalized spacial score (nSPS) is 11.7. The molecule has 11 nitrogen and oxygen atoms in total. The largest absolute Gasteiger partial charge is 0.490 e. The van der Waals surface area contributed by atoms with E-state index in [0.29, 0.717) is 44.3 Å². The average Bonchev–Trinajstić information content (AvgIpc) is 3.30. The van der Waals surface area contributed by atoms with Crippen LogP contribution in [0, 0.1) is 3.57 Å². The Balaban J connectivity index is 1.54. The minimum atomic E-state index is -0.510. The highest BCUT2D eigenvalue weighted by atomic mass is 127. The lowest BCUT2D eigenvalue weighted by molar-refractivity contribution is -0.145. The van der Waals surface area contributed by atoms with Crippen molar-refractivity contribution < 1.29 is 38.1 Å². The number of amides is 2. The zero-order chi connectivity index (χ0) is 25.2. The molecule has 2 amide bonds. The third kappa shape index (κ3) is 7.47. The number of ether oxygens (including phenoxy) is 5. The molecular weight excluding hydrogens is 573 g/mol. The van der Waals surface area contributed by atoms with Crippen LogP contribution in [0.25, 0.3) is 0 Å². The molecule has 0 unspecified atom stereocenters. The van der Waals surface area contributed by atoms with Crippen LogP contribution in [0.2, 0.25) is 0 Å². The number of carbonyl (C=O) groups excluding carboxylic acids is 3. The van der Waals surface area contributed by atoms with Crippen LogP contribution in [0.3, 0.4) is 0 Å². The quantitative estimate of drug-likeness (QED) is 0.175. The fraction of sp³-hybridized carbons (Fsp3) is 0.304. The van der Waals surface area contributed by atoms with Gasteiger partial charge < -0.3 is 29.0 Å². The molecule has 3 rings (SSSR count). The predicted molar refractivity (Wildman–Crippen MR) is 133 cm³/mol. The van der Waals surface area contributed by atoms with E-state index in [1.165, 1.54) is 6.21 Å². The highest BCUT2D eigenvalue weighted by Gasteiger charge is 2.17. The molecule has 186 valence electrons. The Bertz CT molecular complexity index is 1120. The van der Waals surface area contributed by atoms with Crippen molar-refractivity contribution in [3.05, 3.63) is 45.0 Å². The monoisotopic (exact) mass is 597 g/mol. The highest BCUT2D eigenvalue weighted by Crippen LogP contribution is 2.34. The summed E-state index contributed by atoms with van der Waals surface area (Å²) >= 11 is 2.05. The summed E-state index contributed by atoms with van der Waals surface area (Å²) in [7, 11) is 0. The van der Waals surface area contributed by atoms with Crippen LogP contribution in [0.5, 0.6) is 23.0 Å². The Kier molecular flexibility index (Phi) is 9.52. The zero-order valence-corrected chi connectivity index (χ0v) is 21.2. The van der Waals surface area contributed by atoms with Crippen molar-refractivity contribution in [2.45, 2.75) is 13.8 Å². The van der Waals surface area contributed by atoms with Crippen LogP contribution in [0.1, 0.15) is 29.8 Å². The Morgan fingerprint density at radius 2 is 1.89 bits per heavy atom. The fourth-order valence-corrected chi connectivity index (χ4v) is 3.70. The van der Waals surface area contributed by atoms with Gasteiger partial charge in [-0.2, -0.15) is 5.10 Å². The van der Waals surface area contributed by atoms with Crippen molar-refractivity contribution in [1.82, 2.24) is 10.7 Å². The van der Waals surface area contributed by atoms with Gasteiger partial charge in [-0.15, -0.1) is 0 Å². The number of hydrogen-bond donors (Lipinski definition) is 2. The molecule has 0 fully saturated rings. The molecule has 2 N–H and O–H groups in total. The molecular formula is C23H24IN3O8. The topological polar surface area (TPSA) is 134 Å². The number of hydrazone groups is 1. The van der Waals surface area contributed by atoms with Gasteiger partial charge in [0.25, 0.3) is 11.8 Å². The number of fused-ring (bicyclic) bond motifs is 1. The molecule has 0 atom stereocenters. The van der Waals surface area contributed by atoms with E-state index in [1.807, 2.05) is 6.92 Å². The van der Waals surface area contributed by atoms with Crippen LogP contribution >= 0.6 is 22.6 Å². The lowest BCUT2D eigenvalue weighted by Crippen LogP contribution is -2.34. The molecule has 1 aliphatic rings. The van der Waals surface area contributed by atoms with Crippen LogP contribution in [0.4, 0.5) is 0 Å². The van der Waals surface area contributed by atoms with Crippen molar-refractivity contribution in [2.24, 2.45) is 5.10 Å². The van der Waals surface area contributed by atoms with Gasteiger partial charge in [-0.25, -0.2) is 10.2 Å². The van der Waals surface area contributed by atoms with Gasteiger partial charge in [-0.05, 0) is 72.3 Å². The Labute approximate surface area is 215 Å². The second-order valence-corrected chi connectivity index (χ2v) is 8.06. The molecule has 0 radical (unpaired) electrons. The first-order valence-electron chi connectivity index (χ1n) is 10.7. The molecule has 0 saturated carbocycles. The fourth-order valence-electron chi connectivity index (χ4n) is 2.92. The lowest BCUT2D eigenvalue weighted by Gasteiger charge is -2.14. The van der Waals surface area contributed by atoms with Crippen LogP contribution < -0.4 is 29.7 Å². The number of nitrogens with one attached hydrogen (secondary N) is 2. The number of esters is 1. The minimum absolute atomic E-state index is 0.106. The SMILES string of the molecule is CCOC(=O)COc1c(I)cc(C=NNC(=O)CNC(=O)c2ccc3c(c2)OCO3)cc1OCC. The molecule has 2 aromatic rings. The molecule has 12 heteroatoms. The van der Waals surface area contributed by atoms with Crippen molar-refractivity contribution in [2.75, 3.05) is 33.2 Å². The molecule has 2 aromatic carbocycles. The predicted octanol–water partition coefficient (Wildman–Crippen LogP) is 2.24. The van der Waals surface area contributed by atoms with Crippen LogP contribution in [-0.4, -0.2) is 57.2 Å². The first-order chi connectivity index (χ1) is 16.9. The van der Waals surface area contributed by atoms with Gasteiger partial charge >= 0.3 is 5.97 Å². The van der Waals surface area contributed by atoms with Crippen molar-refractivity contribution in [3.8, 4) is 23.0 Å². The average molecular weight is 597 g/mol. The van der Waals surface area contributed by atoms with Gasteiger partial charge in [-0.3, -0.25) is 9.59 Å². The number of hydrogen-bond acceptors (Lipinski definition) is 9.